The molecule has 2 rings (SSSR count). The van der Waals surface area contributed by atoms with E-state index < -0.39 is 12.3 Å². The van der Waals surface area contributed by atoms with Crippen LogP contribution in [0, 0.1) is 0 Å². The molecule has 104 valence electrons. The van der Waals surface area contributed by atoms with Gasteiger partial charge in [0.2, 0.25) is 0 Å². The van der Waals surface area contributed by atoms with Crippen molar-refractivity contribution in [1.29, 1.82) is 0 Å². The van der Waals surface area contributed by atoms with Crippen LogP contribution in [0.15, 0.2) is 60.7 Å². The van der Waals surface area contributed by atoms with Gasteiger partial charge in [0.15, 0.2) is 0 Å². The van der Waals surface area contributed by atoms with Crippen LogP contribution in [0.1, 0.15) is 0 Å². The van der Waals surface area contributed by atoms with Crippen molar-refractivity contribution in [2.24, 2.45) is 0 Å². The van der Waals surface area contributed by atoms with Crippen LogP contribution in [0.4, 0.5) is 29.3 Å². The molecule has 0 spiro atoms. The number of rotatable bonds is 2. The predicted octanol–water partition coefficient (Wildman–Crippen LogP) is 4.24. The zero-order chi connectivity index (χ0) is 14.6. The maximum Gasteiger partial charge on any atom is 0.493 e. The number of carbonyl (C=O) groups is 1. The highest BCUT2D eigenvalue weighted by atomic mass is 19.4. The smallest absolute Gasteiger partial charge is 0.307 e. The summed E-state index contributed by atoms with van der Waals surface area (Å²) < 4.78 is 39.1. The van der Waals surface area contributed by atoms with Crippen LogP contribution >= 0.6 is 0 Å². The van der Waals surface area contributed by atoms with Crippen LogP contribution in [0.25, 0.3) is 0 Å². The summed E-state index contributed by atoms with van der Waals surface area (Å²) in [4.78, 5) is 11.6. The van der Waals surface area contributed by atoms with E-state index in [9.17, 15) is 18.0 Å². The monoisotopic (exact) mass is 280 g/mol. The molecule has 0 aromatic heterocycles. The molecule has 3 nitrogen and oxygen atoms in total. The Morgan fingerprint density at radius 3 is 1.90 bits per heavy atom. The van der Waals surface area contributed by atoms with Gasteiger partial charge >= 0.3 is 12.3 Å². The summed E-state index contributed by atoms with van der Waals surface area (Å²) in [5, 5.41) is 2.21. The van der Waals surface area contributed by atoms with Crippen LogP contribution in [0.5, 0.6) is 0 Å². The largest absolute Gasteiger partial charge is 0.493 e. The van der Waals surface area contributed by atoms with Crippen LogP contribution in [0.2, 0.25) is 0 Å². The molecule has 0 heterocycles. The molecule has 2 amide bonds. The first-order valence-corrected chi connectivity index (χ1v) is 5.76. The van der Waals surface area contributed by atoms with Crippen LogP contribution in [0.3, 0.4) is 0 Å². The number of benzene rings is 2. The number of hydrogen-bond donors (Lipinski definition) is 1. The van der Waals surface area contributed by atoms with E-state index in [1.807, 2.05) is 0 Å². The van der Waals surface area contributed by atoms with E-state index in [0.29, 0.717) is 5.69 Å². The molecule has 2 aromatic carbocycles. The van der Waals surface area contributed by atoms with E-state index in [4.69, 9.17) is 0 Å². The summed E-state index contributed by atoms with van der Waals surface area (Å²) in [5.74, 6) is 0. The second kappa shape index (κ2) is 5.64. The van der Waals surface area contributed by atoms with Crippen molar-refractivity contribution in [2.45, 2.75) is 6.30 Å². The van der Waals surface area contributed by atoms with Crippen LogP contribution in [-0.2, 0) is 0 Å². The molecule has 0 saturated heterocycles. The lowest BCUT2D eigenvalue weighted by atomic mass is 10.3. The average molecular weight is 280 g/mol. The lowest BCUT2D eigenvalue weighted by molar-refractivity contribution is -0.120. The standard InChI is InChI=1S/C14H11F3N2O/c15-14(16,17)19(12-9-5-2-6-10-12)13(20)18-11-7-3-1-4-8-11/h1-10H,(H,18,20). The fourth-order valence-electron chi connectivity index (χ4n) is 1.66. The van der Waals surface area contributed by atoms with Gasteiger partial charge in [0.1, 0.15) is 0 Å². The molecule has 0 atom stereocenters. The van der Waals surface area contributed by atoms with E-state index in [1.54, 1.807) is 24.3 Å². The fourth-order valence-corrected chi connectivity index (χ4v) is 1.66. The molecule has 0 aliphatic rings. The van der Waals surface area contributed by atoms with Gasteiger partial charge in [-0.25, -0.2) is 9.69 Å². The number of nitrogens with zero attached hydrogens (tertiary/aromatic N) is 1. The van der Waals surface area contributed by atoms with Gasteiger partial charge in [-0.05, 0) is 24.3 Å². The summed E-state index contributed by atoms with van der Waals surface area (Å²) in [6.45, 7) is 0. The Morgan fingerprint density at radius 2 is 1.40 bits per heavy atom. The highest BCUT2D eigenvalue weighted by molar-refractivity contribution is 6.02. The Labute approximate surface area is 113 Å². The molecule has 1 N–H and O–H groups in total. The fraction of sp³-hybridized carbons (Fsp3) is 0.0714. The molecule has 2 aromatic rings. The van der Waals surface area contributed by atoms with Gasteiger partial charge in [-0.3, -0.25) is 0 Å². The molecule has 0 saturated carbocycles. The first-order chi connectivity index (χ1) is 9.48. The van der Waals surface area contributed by atoms with Gasteiger partial charge in [-0.2, -0.15) is 0 Å². The first-order valence-electron chi connectivity index (χ1n) is 5.76. The summed E-state index contributed by atoms with van der Waals surface area (Å²) in [7, 11) is 0. The van der Waals surface area contributed by atoms with E-state index >= 15 is 0 Å². The molecule has 0 aliphatic heterocycles. The maximum absolute atomic E-state index is 13.0. The minimum atomic E-state index is -4.81. The van der Waals surface area contributed by atoms with Crippen molar-refractivity contribution in [3.8, 4) is 0 Å². The molecule has 6 heteroatoms. The zero-order valence-corrected chi connectivity index (χ0v) is 10.3. The number of alkyl halides is 3. The molecule has 20 heavy (non-hydrogen) atoms. The number of carbonyl (C=O) groups excluding carboxylic acids is 1. The Bertz CT molecular complexity index is 570. The summed E-state index contributed by atoms with van der Waals surface area (Å²) in [6.07, 6.45) is -4.81. The Hall–Kier alpha value is -2.50. The van der Waals surface area contributed by atoms with Gasteiger partial charge in [0.25, 0.3) is 0 Å². The van der Waals surface area contributed by atoms with Crippen molar-refractivity contribution in [1.82, 2.24) is 0 Å². The first kappa shape index (κ1) is 13.9. The zero-order valence-electron chi connectivity index (χ0n) is 10.3. The lowest BCUT2D eigenvalue weighted by Crippen LogP contribution is -2.45. The van der Waals surface area contributed by atoms with Gasteiger partial charge < -0.3 is 5.32 Å². The van der Waals surface area contributed by atoms with Gasteiger partial charge in [0.05, 0.1) is 5.69 Å². The van der Waals surface area contributed by atoms with E-state index in [-0.39, 0.29) is 10.6 Å². The van der Waals surface area contributed by atoms with E-state index in [0.717, 1.165) is 0 Å². The van der Waals surface area contributed by atoms with Gasteiger partial charge in [0, 0.05) is 5.69 Å². The normalized spacial score (nSPS) is 10.9. The number of amides is 2. The van der Waals surface area contributed by atoms with Crippen molar-refractivity contribution in [3.63, 3.8) is 0 Å². The van der Waals surface area contributed by atoms with Crippen LogP contribution < -0.4 is 10.2 Å². The second-order valence-corrected chi connectivity index (χ2v) is 3.93. The molecule has 0 bridgehead atoms. The molecular weight excluding hydrogens is 269 g/mol. The number of nitrogens with one attached hydrogen (secondary N) is 1. The SMILES string of the molecule is O=C(Nc1ccccc1)N(c1ccccc1)C(F)(F)F. The Morgan fingerprint density at radius 1 is 0.900 bits per heavy atom. The average Bonchev–Trinajstić information content (AvgIpc) is 2.39. The topological polar surface area (TPSA) is 32.3 Å². The van der Waals surface area contributed by atoms with Crippen molar-refractivity contribution < 1.29 is 18.0 Å². The molecule has 0 radical (unpaired) electrons. The Kier molecular flexibility index (Phi) is 3.93. The summed E-state index contributed by atoms with van der Waals surface area (Å²) in [6, 6.07) is 13.6. The number of urea groups is 1. The van der Waals surface area contributed by atoms with E-state index in [2.05, 4.69) is 5.32 Å². The van der Waals surface area contributed by atoms with Gasteiger partial charge in [-0.1, -0.05) is 36.4 Å². The quantitative estimate of drug-likeness (QED) is 0.820. The van der Waals surface area contributed by atoms with Crippen molar-refractivity contribution in [2.75, 3.05) is 10.2 Å². The third-order valence-electron chi connectivity index (χ3n) is 2.50. The second-order valence-electron chi connectivity index (χ2n) is 3.93. The molecule has 0 aliphatic carbocycles. The number of para-hydroxylation sites is 2. The highest BCUT2D eigenvalue weighted by Gasteiger charge is 2.42. The third-order valence-corrected chi connectivity index (χ3v) is 2.50. The third kappa shape index (κ3) is 3.28. The minimum Gasteiger partial charge on any atom is -0.307 e. The van der Waals surface area contributed by atoms with Crippen LogP contribution in [-0.4, -0.2) is 12.3 Å². The van der Waals surface area contributed by atoms with E-state index in [1.165, 1.54) is 36.4 Å². The molecular formula is C14H11F3N2O. The highest BCUT2D eigenvalue weighted by Crippen LogP contribution is 2.29. The van der Waals surface area contributed by atoms with Crippen molar-refractivity contribution >= 4 is 17.4 Å². The molecule has 0 unspecified atom stereocenters. The minimum absolute atomic E-state index is 0.236. The summed E-state index contributed by atoms with van der Waals surface area (Å²) in [5.41, 5.74) is 0.0520. The van der Waals surface area contributed by atoms with Gasteiger partial charge in [-0.15, -0.1) is 13.2 Å². The number of halogens is 3. The summed E-state index contributed by atoms with van der Waals surface area (Å²) >= 11 is 0. The Balaban J connectivity index is 2.26. The number of anilines is 2. The maximum atomic E-state index is 13.0. The number of hydrogen-bond acceptors (Lipinski definition) is 1. The predicted molar refractivity (Wildman–Crippen MR) is 70.4 cm³/mol. The lowest BCUT2D eigenvalue weighted by Gasteiger charge is -2.25. The molecule has 0 fully saturated rings. The van der Waals surface area contributed by atoms with Crippen molar-refractivity contribution in [3.05, 3.63) is 60.7 Å².